The molecule has 0 saturated carbocycles. The third-order valence-electron chi connectivity index (χ3n) is 2.61. The van der Waals surface area contributed by atoms with Crippen molar-refractivity contribution >= 4 is 11.6 Å². The molecule has 3 rings (SSSR count). The number of ether oxygens (including phenoxy) is 2. The third-order valence-corrected chi connectivity index (χ3v) is 2.61. The van der Waals surface area contributed by atoms with Crippen LogP contribution in [0.3, 0.4) is 0 Å². The van der Waals surface area contributed by atoms with Crippen LogP contribution in [0.1, 0.15) is 11.9 Å². The number of nitrogens with zero attached hydrogens (tertiary/aromatic N) is 3. The number of aromatic nitrogens is 4. The van der Waals surface area contributed by atoms with Crippen LogP contribution in [0.2, 0.25) is 0 Å². The molecule has 0 amide bonds. The summed E-state index contributed by atoms with van der Waals surface area (Å²) in [5, 5.41) is 9.70. The monoisotopic (exact) mass is 265 g/mol. The van der Waals surface area contributed by atoms with E-state index in [1.807, 2.05) is 0 Å². The molecule has 3 heterocycles. The molecule has 7 nitrogen and oxygen atoms in total. The Bertz CT molecular complexity index is 538. The standard InChI is InChI=1S/C11H12FN5O2/c12-9-2-1-7(5-13-9)14-11-15-10(16-17-11)8-6-18-3-4-19-8/h1-2,5,8H,3-4,6H2,(H2,14,15,16,17). The largest absolute Gasteiger partial charge is 0.376 e. The fourth-order valence-electron chi connectivity index (χ4n) is 1.70. The van der Waals surface area contributed by atoms with E-state index < -0.39 is 5.95 Å². The van der Waals surface area contributed by atoms with Gasteiger partial charge in [0.2, 0.25) is 11.9 Å². The highest BCUT2D eigenvalue weighted by Crippen LogP contribution is 2.19. The Hall–Kier alpha value is -2.06. The average molecular weight is 265 g/mol. The smallest absolute Gasteiger partial charge is 0.246 e. The molecule has 0 spiro atoms. The van der Waals surface area contributed by atoms with Gasteiger partial charge in [-0.05, 0) is 12.1 Å². The maximum Gasteiger partial charge on any atom is 0.246 e. The van der Waals surface area contributed by atoms with Crippen LogP contribution in [0.5, 0.6) is 0 Å². The van der Waals surface area contributed by atoms with Crippen LogP contribution in [0.4, 0.5) is 16.0 Å². The molecule has 1 atom stereocenters. The number of anilines is 2. The molecule has 1 aliphatic rings. The van der Waals surface area contributed by atoms with Crippen LogP contribution in [0, 0.1) is 5.95 Å². The summed E-state index contributed by atoms with van der Waals surface area (Å²) in [6.07, 6.45) is 1.13. The fraction of sp³-hybridized carbons (Fsp3) is 0.364. The molecule has 0 radical (unpaired) electrons. The van der Waals surface area contributed by atoms with E-state index in [1.165, 1.54) is 12.3 Å². The summed E-state index contributed by atoms with van der Waals surface area (Å²) in [6, 6.07) is 2.81. The van der Waals surface area contributed by atoms with Crippen LogP contribution >= 0.6 is 0 Å². The van der Waals surface area contributed by atoms with Gasteiger partial charge in [-0.3, -0.25) is 5.10 Å². The Morgan fingerprint density at radius 2 is 2.32 bits per heavy atom. The quantitative estimate of drug-likeness (QED) is 0.810. The number of rotatable bonds is 3. The van der Waals surface area contributed by atoms with E-state index in [9.17, 15) is 4.39 Å². The van der Waals surface area contributed by atoms with Gasteiger partial charge in [0, 0.05) is 0 Å². The van der Waals surface area contributed by atoms with Crippen molar-refractivity contribution < 1.29 is 13.9 Å². The number of pyridine rings is 1. The van der Waals surface area contributed by atoms with Crippen molar-refractivity contribution in [1.82, 2.24) is 20.2 Å². The van der Waals surface area contributed by atoms with Crippen molar-refractivity contribution in [2.24, 2.45) is 0 Å². The number of aromatic amines is 1. The fourth-order valence-corrected chi connectivity index (χ4v) is 1.70. The first-order valence-corrected chi connectivity index (χ1v) is 5.81. The van der Waals surface area contributed by atoms with Crippen molar-refractivity contribution in [2.75, 3.05) is 25.1 Å². The summed E-state index contributed by atoms with van der Waals surface area (Å²) in [6.45, 7) is 1.58. The predicted molar refractivity (Wildman–Crippen MR) is 63.4 cm³/mol. The van der Waals surface area contributed by atoms with Gasteiger partial charge in [-0.2, -0.15) is 9.37 Å². The van der Waals surface area contributed by atoms with Gasteiger partial charge in [0.15, 0.2) is 5.82 Å². The Kier molecular flexibility index (Phi) is 3.34. The summed E-state index contributed by atoms with van der Waals surface area (Å²) in [5.74, 6) is 0.434. The highest BCUT2D eigenvalue weighted by atomic mass is 19.1. The van der Waals surface area contributed by atoms with Crippen molar-refractivity contribution in [1.29, 1.82) is 0 Å². The minimum Gasteiger partial charge on any atom is -0.376 e. The molecular weight excluding hydrogens is 253 g/mol. The summed E-state index contributed by atoms with van der Waals surface area (Å²) >= 11 is 0. The van der Waals surface area contributed by atoms with Crippen molar-refractivity contribution in [3.05, 3.63) is 30.1 Å². The van der Waals surface area contributed by atoms with Gasteiger partial charge in [0.25, 0.3) is 0 Å². The van der Waals surface area contributed by atoms with Gasteiger partial charge in [0.1, 0.15) is 6.10 Å². The first-order chi connectivity index (χ1) is 9.31. The highest BCUT2D eigenvalue weighted by Gasteiger charge is 2.20. The summed E-state index contributed by atoms with van der Waals surface area (Å²) < 4.78 is 23.5. The Morgan fingerprint density at radius 3 is 3.05 bits per heavy atom. The van der Waals surface area contributed by atoms with Crippen LogP contribution in [0.25, 0.3) is 0 Å². The minimum absolute atomic E-state index is 0.233. The molecule has 2 aromatic heterocycles. The van der Waals surface area contributed by atoms with E-state index in [4.69, 9.17) is 9.47 Å². The lowest BCUT2D eigenvalue weighted by Crippen LogP contribution is -2.22. The molecular formula is C11H12FN5O2. The maximum absolute atomic E-state index is 12.7. The van der Waals surface area contributed by atoms with Gasteiger partial charge in [0.05, 0.1) is 31.7 Å². The van der Waals surface area contributed by atoms with Crippen molar-refractivity contribution in [3.8, 4) is 0 Å². The number of halogens is 1. The normalized spacial score (nSPS) is 19.3. The second kappa shape index (κ2) is 5.29. The zero-order valence-corrected chi connectivity index (χ0v) is 9.97. The zero-order chi connectivity index (χ0) is 13.1. The molecule has 1 saturated heterocycles. The van der Waals surface area contributed by atoms with E-state index in [-0.39, 0.29) is 6.10 Å². The number of nitrogens with one attached hydrogen (secondary N) is 2. The molecule has 1 fully saturated rings. The van der Waals surface area contributed by atoms with Gasteiger partial charge >= 0.3 is 0 Å². The van der Waals surface area contributed by atoms with Crippen LogP contribution in [-0.4, -0.2) is 40.0 Å². The molecule has 0 aliphatic carbocycles. The summed E-state index contributed by atoms with van der Waals surface area (Å²) in [5.41, 5.74) is 0.604. The lowest BCUT2D eigenvalue weighted by Gasteiger charge is -2.20. The SMILES string of the molecule is Fc1ccc(Nc2n[nH]c(C3COCCO3)n2)cn1. The van der Waals surface area contributed by atoms with Gasteiger partial charge in [-0.1, -0.05) is 0 Å². The second-order valence-corrected chi connectivity index (χ2v) is 3.97. The number of hydrogen-bond acceptors (Lipinski definition) is 6. The molecule has 8 heteroatoms. The van der Waals surface area contributed by atoms with E-state index in [0.717, 1.165) is 0 Å². The van der Waals surface area contributed by atoms with Crippen molar-refractivity contribution in [3.63, 3.8) is 0 Å². The predicted octanol–water partition coefficient (Wildman–Crippen LogP) is 1.17. The first-order valence-electron chi connectivity index (χ1n) is 5.81. The molecule has 1 aliphatic heterocycles. The maximum atomic E-state index is 12.7. The summed E-state index contributed by atoms with van der Waals surface area (Å²) in [7, 11) is 0. The van der Waals surface area contributed by atoms with Gasteiger partial charge in [-0.15, -0.1) is 5.10 Å². The first kappa shape index (κ1) is 12.0. The Labute approximate surface area is 108 Å². The van der Waals surface area contributed by atoms with Crippen molar-refractivity contribution in [2.45, 2.75) is 6.10 Å². The Balaban J connectivity index is 1.68. The van der Waals surface area contributed by atoms with E-state index in [1.54, 1.807) is 6.07 Å². The zero-order valence-electron chi connectivity index (χ0n) is 9.97. The molecule has 100 valence electrons. The summed E-state index contributed by atoms with van der Waals surface area (Å²) in [4.78, 5) is 7.78. The Morgan fingerprint density at radius 1 is 1.37 bits per heavy atom. The molecule has 2 aromatic rings. The second-order valence-electron chi connectivity index (χ2n) is 3.97. The molecule has 19 heavy (non-hydrogen) atoms. The lowest BCUT2D eigenvalue weighted by atomic mass is 10.3. The van der Waals surface area contributed by atoms with Crippen LogP contribution in [-0.2, 0) is 9.47 Å². The highest BCUT2D eigenvalue weighted by molar-refractivity contribution is 5.50. The number of hydrogen-bond donors (Lipinski definition) is 2. The van der Waals surface area contributed by atoms with E-state index in [2.05, 4.69) is 25.5 Å². The van der Waals surface area contributed by atoms with E-state index in [0.29, 0.717) is 37.3 Å². The van der Waals surface area contributed by atoms with Crippen LogP contribution in [0.15, 0.2) is 18.3 Å². The van der Waals surface area contributed by atoms with Gasteiger partial charge < -0.3 is 14.8 Å². The third kappa shape index (κ3) is 2.85. The molecule has 1 unspecified atom stereocenters. The lowest BCUT2D eigenvalue weighted by molar-refractivity contribution is -0.0933. The van der Waals surface area contributed by atoms with Crippen LogP contribution < -0.4 is 5.32 Å². The topological polar surface area (TPSA) is 85.0 Å². The number of H-pyrrole nitrogens is 1. The molecule has 2 N–H and O–H groups in total. The average Bonchev–Trinajstić information content (AvgIpc) is 2.91. The molecule has 0 aromatic carbocycles. The molecule has 0 bridgehead atoms. The van der Waals surface area contributed by atoms with E-state index >= 15 is 0 Å². The minimum atomic E-state index is -0.533. The van der Waals surface area contributed by atoms with Gasteiger partial charge in [-0.25, -0.2) is 4.98 Å².